The van der Waals surface area contributed by atoms with Crippen LogP contribution in [0.4, 0.5) is 11.4 Å². The molecule has 2 amide bonds. The predicted molar refractivity (Wildman–Crippen MR) is 148 cm³/mol. The number of carbonyl (C=O) groups excluding carboxylic acids is 2. The molecular formula is C30H32N4O4. The van der Waals surface area contributed by atoms with Crippen molar-refractivity contribution in [3.63, 3.8) is 0 Å². The van der Waals surface area contributed by atoms with Crippen molar-refractivity contribution in [1.29, 1.82) is 0 Å². The minimum atomic E-state index is -0.251. The van der Waals surface area contributed by atoms with Gasteiger partial charge in [-0.3, -0.25) is 9.59 Å². The highest BCUT2D eigenvalue weighted by Crippen LogP contribution is 2.22. The molecule has 1 aliphatic heterocycles. The third-order valence-electron chi connectivity index (χ3n) is 6.82. The van der Waals surface area contributed by atoms with E-state index in [1.54, 1.807) is 42.5 Å². The van der Waals surface area contributed by atoms with Gasteiger partial charge in [0.05, 0.1) is 17.9 Å². The van der Waals surface area contributed by atoms with Crippen LogP contribution in [0, 0.1) is 5.92 Å². The van der Waals surface area contributed by atoms with Crippen LogP contribution >= 0.6 is 0 Å². The van der Waals surface area contributed by atoms with E-state index in [0.717, 1.165) is 31.3 Å². The number of furan rings is 1. The first-order valence-electron chi connectivity index (χ1n) is 12.9. The number of benzene rings is 3. The molecule has 1 aliphatic rings. The Balaban J connectivity index is 1.21. The summed E-state index contributed by atoms with van der Waals surface area (Å²) in [5.41, 5.74) is 8.19. The molecule has 8 nitrogen and oxygen atoms in total. The number of para-hydroxylation sites is 3. The van der Waals surface area contributed by atoms with Gasteiger partial charge < -0.3 is 30.4 Å². The number of nitrogens with zero attached hydrogens (tertiary/aromatic N) is 1. The van der Waals surface area contributed by atoms with Crippen molar-refractivity contribution in [2.75, 3.05) is 43.8 Å². The molecule has 0 atom stereocenters. The molecule has 0 saturated carbocycles. The molecule has 1 saturated heterocycles. The molecule has 0 spiro atoms. The fourth-order valence-corrected chi connectivity index (χ4v) is 4.68. The Labute approximate surface area is 221 Å². The molecule has 4 N–H and O–H groups in total. The number of hydrogen-bond acceptors (Lipinski definition) is 6. The number of piperidine rings is 1. The number of amides is 2. The Hall–Kier alpha value is -4.30. The fourth-order valence-electron chi connectivity index (χ4n) is 4.68. The van der Waals surface area contributed by atoms with E-state index in [-0.39, 0.29) is 11.8 Å². The van der Waals surface area contributed by atoms with E-state index in [9.17, 15) is 9.59 Å². The van der Waals surface area contributed by atoms with Gasteiger partial charge in [-0.1, -0.05) is 30.3 Å². The second-order valence-electron chi connectivity index (χ2n) is 9.51. The quantitative estimate of drug-likeness (QED) is 0.278. The molecule has 196 valence electrons. The van der Waals surface area contributed by atoms with Gasteiger partial charge in [-0.25, -0.2) is 0 Å². The Morgan fingerprint density at radius 2 is 1.74 bits per heavy atom. The molecule has 38 heavy (non-hydrogen) atoms. The van der Waals surface area contributed by atoms with Crippen LogP contribution < -0.4 is 21.1 Å². The number of rotatable bonds is 9. The Kier molecular flexibility index (Phi) is 7.89. The number of nitrogens with two attached hydrogens (primary N) is 1. The molecule has 1 aromatic heterocycles. The SMILES string of the molecule is Nc1ccccc1NC(=O)c1ccc(OCCN(CC2CCNCC2)C(=O)c2cc3ccccc3o2)cc1. The molecule has 2 heterocycles. The monoisotopic (exact) mass is 512 g/mol. The van der Waals surface area contributed by atoms with Crippen molar-refractivity contribution in [3.05, 3.63) is 90.2 Å². The van der Waals surface area contributed by atoms with Crippen molar-refractivity contribution in [2.45, 2.75) is 12.8 Å². The van der Waals surface area contributed by atoms with E-state index in [2.05, 4.69) is 10.6 Å². The molecule has 0 bridgehead atoms. The molecule has 5 rings (SSSR count). The van der Waals surface area contributed by atoms with Crippen LogP contribution in [0.1, 0.15) is 33.8 Å². The van der Waals surface area contributed by atoms with Crippen molar-refractivity contribution >= 4 is 34.2 Å². The van der Waals surface area contributed by atoms with Crippen LogP contribution in [0.3, 0.4) is 0 Å². The van der Waals surface area contributed by atoms with Crippen LogP contribution in [0.15, 0.2) is 83.3 Å². The predicted octanol–water partition coefficient (Wildman–Crippen LogP) is 4.79. The number of hydrogen-bond donors (Lipinski definition) is 3. The van der Waals surface area contributed by atoms with Gasteiger partial charge in [0.2, 0.25) is 0 Å². The zero-order valence-corrected chi connectivity index (χ0v) is 21.2. The van der Waals surface area contributed by atoms with Gasteiger partial charge in [-0.15, -0.1) is 0 Å². The Morgan fingerprint density at radius 1 is 1.00 bits per heavy atom. The maximum Gasteiger partial charge on any atom is 0.289 e. The third-order valence-corrected chi connectivity index (χ3v) is 6.82. The van der Waals surface area contributed by atoms with Crippen LogP contribution in [0.25, 0.3) is 11.0 Å². The second kappa shape index (κ2) is 11.8. The minimum Gasteiger partial charge on any atom is -0.492 e. The summed E-state index contributed by atoms with van der Waals surface area (Å²) < 4.78 is 11.8. The molecule has 3 aromatic carbocycles. The number of ether oxygens (including phenoxy) is 1. The van der Waals surface area contributed by atoms with Gasteiger partial charge in [-0.05, 0) is 80.4 Å². The van der Waals surface area contributed by atoms with Crippen molar-refractivity contribution in [3.8, 4) is 5.75 Å². The van der Waals surface area contributed by atoms with E-state index < -0.39 is 0 Å². The van der Waals surface area contributed by atoms with Crippen LogP contribution in [-0.4, -0.2) is 49.5 Å². The summed E-state index contributed by atoms with van der Waals surface area (Å²) >= 11 is 0. The third kappa shape index (κ3) is 6.15. The summed E-state index contributed by atoms with van der Waals surface area (Å²) in [7, 11) is 0. The summed E-state index contributed by atoms with van der Waals surface area (Å²) in [6.45, 7) is 3.33. The van der Waals surface area contributed by atoms with E-state index >= 15 is 0 Å². The second-order valence-corrected chi connectivity index (χ2v) is 9.51. The number of anilines is 2. The van der Waals surface area contributed by atoms with Crippen molar-refractivity contribution < 1.29 is 18.7 Å². The number of nitrogens with one attached hydrogen (secondary N) is 2. The zero-order valence-electron chi connectivity index (χ0n) is 21.2. The molecule has 0 aliphatic carbocycles. The largest absolute Gasteiger partial charge is 0.492 e. The van der Waals surface area contributed by atoms with Crippen molar-refractivity contribution in [1.82, 2.24) is 10.2 Å². The van der Waals surface area contributed by atoms with E-state index in [1.165, 1.54) is 0 Å². The first kappa shape index (κ1) is 25.4. The average Bonchev–Trinajstić information content (AvgIpc) is 3.39. The topological polar surface area (TPSA) is 110 Å². The lowest BCUT2D eigenvalue weighted by atomic mass is 9.97. The van der Waals surface area contributed by atoms with E-state index in [4.69, 9.17) is 14.9 Å². The molecule has 8 heteroatoms. The lowest BCUT2D eigenvalue weighted by molar-refractivity contribution is 0.0658. The molecular weight excluding hydrogens is 480 g/mol. The van der Waals surface area contributed by atoms with Gasteiger partial charge in [-0.2, -0.15) is 0 Å². The maximum absolute atomic E-state index is 13.4. The molecule has 0 unspecified atom stereocenters. The van der Waals surface area contributed by atoms with Gasteiger partial charge in [0.1, 0.15) is 17.9 Å². The lowest BCUT2D eigenvalue weighted by Crippen LogP contribution is -2.41. The summed E-state index contributed by atoms with van der Waals surface area (Å²) in [5, 5.41) is 7.11. The summed E-state index contributed by atoms with van der Waals surface area (Å²) in [4.78, 5) is 27.8. The molecule has 1 fully saturated rings. The standard InChI is InChI=1S/C30H32N4O4/c31-25-6-2-3-7-26(25)33-29(35)22-9-11-24(12-10-22)37-18-17-34(20-21-13-15-32-16-14-21)30(36)28-19-23-5-1-4-8-27(23)38-28/h1-12,19,21,32H,13-18,20,31H2,(H,33,35). The minimum absolute atomic E-state index is 0.129. The Bertz CT molecular complexity index is 1360. The van der Waals surface area contributed by atoms with Crippen LogP contribution in [-0.2, 0) is 0 Å². The molecule has 0 radical (unpaired) electrons. The summed E-state index contributed by atoms with van der Waals surface area (Å²) in [6, 6.07) is 23.5. The highest BCUT2D eigenvalue weighted by atomic mass is 16.5. The van der Waals surface area contributed by atoms with Crippen LogP contribution in [0.5, 0.6) is 5.75 Å². The highest BCUT2D eigenvalue weighted by molar-refractivity contribution is 6.05. The van der Waals surface area contributed by atoms with Gasteiger partial charge in [0, 0.05) is 17.5 Å². The van der Waals surface area contributed by atoms with Crippen LogP contribution in [0.2, 0.25) is 0 Å². The van der Waals surface area contributed by atoms with Gasteiger partial charge in [0.25, 0.3) is 11.8 Å². The normalized spacial score (nSPS) is 13.8. The first-order chi connectivity index (χ1) is 18.6. The van der Waals surface area contributed by atoms with Gasteiger partial charge in [0.15, 0.2) is 5.76 Å². The summed E-state index contributed by atoms with van der Waals surface area (Å²) in [5.74, 6) is 1.02. The average molecular weight is 513 g/mol. The summed E-state index contributed by atoms with van der Waals surface area (Å²) in [6.07, 6.45) is 2.06. The lowest BCUT2D eigenvalue weighted by Gasteiger charge is -2.29. The zero-order chi connectivity index (χ0) is 26.3. The maximum atomic E-state index is 13.4. The Morgan fingerprint density at radius 3 is 2.50 bits per heavy atom. The van der Waals surface area contributed by atoms with E-state index in [1.807, 2.05) is 41.3 Å². The van der Waals surface area contributed by atoms with E-state index in [0.29, 0.717) is 59.6 Å². The van der Waals surface area contributed by atoms with Gasteiger partial charge >= 0.3 is 0 Å². The number of carbonyl (C=O) groups is 2. The molecule has 4 aromatic rings. The number of fused-ring (bicyclic) bond motifs is 1. The highest BCUT2D eigenvalue weighted by Gasteiger charge is 2.24. The number of nitrogen functional groups attached to an aromatic ring is 1. The fraction of sp³-hybridized carbons (Fsp3) is 0.267. The first-order valence-corrected chi connectivity index (χ1v) is 12.9. The smallest absolute Gasteiger partial charge is 0.289 e. The van der Waals surface area contributed by atoms with Crippen molar-refractivity contribution in [2.24, 2.45) is 5.92 Å².